The molecule has 0 heterocycles. The van der Waals surface area contributed by atoms with Gasteiger partial charge in [-0.15, -0.1) is 0 Å². The average molecular weight is 221 g/mol. The molecule has 0 aromatic carbocycles. The predicted octanol–water partition coefficient (Wildman–Crippen LogP) is 0.941. The summed E-state index contributed by atoms with van der Waals surface area (Å²) in [6, 6.07) is 0. The van der Waals surface area contributed by atoms with Crippen LogP contribution in [0.2, 0.25) is 0 Å². The Hall–Kier alpha value is 0.420. The van der Waals surface area contributed by atoms with E-state index in [4.69, 9.17) is 0 Å². The van der Waals surface area contributed by atoms with Crippen LogP contribution >= 0.6 is 20.7 Å². The summed E-state index contributed by atoms with van der Waals surface area (Å²) in [5, 5.41) is 0. The summed E-state index contributed by atoms with van der Waals surface area (Å²) in [7, 11) is 0. The number of nitrogens with two attached hydrogens (primary N) is 1. The van der Waals surface area contributed by atoms with Gasteiger partial charge in [-0.25, -0.2) is 0 Å². The summed E-state index contributed by atoms with van der Waals surface area (Å²) >= 11 is -1.25. The first kappa shape index (κ1) is 7.42. The van der Waals surface area contributed by atoms with E-state index in [0.29, 0.717) is 0 Å². The van der Waals surface area contributed by atoms with Gasteiger partial charge in [0.05, 0.1) is 6.54 Å². The first-order valence-corrected chi connectivity index (χ1v) is 4.20. The van der Waals surface area contributed by atoms with E-state index >= 15 is 0 Å². The Balaban J connectivity index is 3.58. The largest absolute Gasteiger partial charge is 0.325 e. The molecule has 44 valence electrons. The van der Waals surface area contributed by atoms with Gasteiger partial charge in [0.1, 0.15) is 0 Å². The first-order chi connectivity index (χ1) is 3.12. The van der Waals surface area contributed by atoms with E-state index in [0.717, 1.165) is 0 Å². The Labute approximate surface area is 50.6 Å². The number of halogens is 3. The van der Waals surface area contributed by atoms with Gasteiger partial charge in [0.25, 0.3) is 0 Å². The van der Waals surface area contributed by atoms with Gasteiger partial charge >= 0.3 is 3.93 Å². The van der Waals surface area contributed by atoms with E-state index in [2.05, 4.69) is 10.2 Å². The third kappa shape index (κ3) is 3.04. The minimum absolute atomic E-state index is 0.552. The number of hydrogen-bond donors (Lipinski definition) is 1. The van der Waals surface area contributed by atoms with Crippen molar-refractivity contribution in [3.8, 4) is 0 Å². The fourth-order valence-electron chi connectivity index (χ4n) is 0.0546. The van der Waals surface area contributed by atoms with Crippen molar-refractivity contribution in [2.45, 2.75) is 3.93 Å². The maximum atomic E-state index is 11.7. The van der Waals surface area contributed by atoms with Gasteiger partial charge in [-0.1, -0.05) is 25.2 Å². The highest BCUT2D eigenvalue weighted by molar-refractivity contribution is 14.2. The first-order valence-electron chi connectivity index (χ1n) is 1.60. The molecule has 0 saturated heterocycles. The van der Waals surface area contributed by atoms with Crippen LogP contribution in [0.1, 0.15) is 0 Å². The van der Waals surface area contributed by atoms with Crippen LogP contribution in [-0.2, 0) is 0 Å². The molecule has 0 rings (SSSR count). The van der Waals surface area contributed by atoms with Crippen LogP contribution < -0.4 is 5.73 Å². The maximum Gasteiger partial charge on any atom is 0.303 e. The van der Waals surface area contributed by atoms with Gasteiger partial charge in [-0.3, -0.25) is 0 Å². The summed E-state index contributed by atoms with van der Waals surface area (Å²) in [6.45, 7) is -0.552. The summed E-state index contributed by atoms with van der Waals surface area (Å²) in [6.07, 6.45) is 0. The molecule has 0 aliphatic rings. The van der Waals surface area contributed by atoms with Crippen molar-refractivity contribution in [3.05, 3.63) is 0 Å². The Bertz CT molecular complexity index is 73.3. The van der Waals surface area contributed by atoms with Crippen LogP contribution in [0.4, 0.5) is 8.78 Å². The molecule has 0 aromatic rings. The van der Waals surface area contributed by atoms with Crippen LogP contribution in [0.5, 0.6) is 0 Å². The van der Waals surface area contributed by atoms with Crippen LogP contribution in [-0.4, -0.2) is 15.0 Å². The van der Waals surface area contributed by atoms with E-state index in [1.54, 1.807) is 0 Å². The predicted molar refractivity (Wildman–Crippen MR) is 35.1 cm³/mol. The summed E-state index contributed by atoms with van der Waals surface area (Å²) in [5.41, 5.74) is 4.65. The number of hydrogen-bond acceptors (Lipinski definition) is 1. The van der Waals surface area contributed by atoms with Crippen LogP contribution in [0.3, 0.4) is 0 Å². The molecule has 0 atom stereocenters. The van der Waals surface area contributed by atoms with Gasteiger partial charge < -0.3 is 5.73 Å². The molecule has 2 N–H and O–H groups in total. The lowest BCUT2D eigenvalue weighted by molar-refractivity contribution is 0.137. The quantitative estimate of drug-likeness (QED) is 0.545. The zero-order valence-corrected chi connectivity index (χ0v) is 5.78. The van der Waals surface area contributed by atoms with Gasteiger partial charge in [-0.05, 0) is 0 Å². The van der Waals surface area contributed by atoms with Crippen molar-refractivity contribution in [1.29, 1.82) is 0 Å². The van der Waals surface area contributed by atoms with Crippen LogP contribution in [0.25, 0.3) is 0 Å². The molecule has 0 aliphatic heterocycles. The van der Waals surface area contributed by atoms with Gasteiger partial charge in [0.2, 0.25) is 0 Å². The van der Waals surface area contributed by atoms with Crippen LogP contribution in [0.15, 0.2) is 0 Å². The fourth-order valence-corrected chi connectivity index (χ4v) is 0.366. The smallest absolute Gasteiger partial charge is 0.303 e. The SMILES string of the molecule is C=IC(F)(F)CN. The molecular weight excluding hydrogens is 215 g/mol. The fraction of sp³-hybridized carbons (Fsp3) is 0.667. The van der Waals surface area contributed by atoms with E-state index in [1.165, 1.54) is 0 Å². The average Bonchev–Trinajstić information content (AvgIpc) is 1.68. The normalized spacial score (nSPS) is 11.9. The topological polar surface area (TPSA) is 26.0 Å². The molecule has 0 amide bonds. The van der Waals surface area contributed by atoms with Crippen molar-refractivity contribution in [1.82, 2.24) is 0 Å². The minimum atomic E-state index is -2.64. The molecule has 4 heteroatoms. The number of rotatable bonds is 2. The lowest BCUT2D eigenvalue weighted by atomic mass is 10.7. The Morgan fingerprint density at radius 1 is 1.71 bits per heavy atom. The molecule has 0 saturated carbocycles. The lowest BCUT2D eigenvalue weighted by Gasteiger charge is -2.03. The summed E-state index contributed by atoms with van der Waals surface area (Å²) < 4.78 is 24.0. The highest BCUT2D eigenvalue weighted by Gasteiger charge is 2.21. The second-order valence-corrected chi connectivity index (χ2v) is 3.29. The van der Waals surface area contributed by atoms with E-state index < -0.39 is 31.2 Å². The van der Waals surface area contributed by atoms with Crippen LogP contribution in [0, 0.1) is 0 Å². The second-order valence-electron chi connectivity index (χ2n) is 0.953. The summed E-state index contributed by atoms with van der Waals surface area (Å²) in [4.78, 5) is 0. The molecule has 0 bridgehead atoms. The molecule has 0 aromatic heterocycles. The lowest BCUT2D eigenvalue weighted by Crippen LogP contribution is -2.20. The zero-order chi connectivity index (χ0) is 5.91. The zero-order valence-electron chi connectivity index (χ0n) is 3.63. The maximum absolute atomic E-state index is 11.7. The standard InChI is InChI=1S/C3H6F2IN/c1-6-3(4,5)2-7/h1-2,7H2. The van der Waals surface area contributed by atoms with Crippen molar-refractivity contribution in [2.75, 3.05) is 6.54 Å². The third-order valence-electron chi connectivity index (χ3n) is 0.427. The Kier molecular flexibility index (Phi) is 2.82. The van der Waals surface area contributed by atoms with Crippen molar-refractivity contribution >= 4 is 25.2 Å². The monoisotopic (exact) mass is 221 g/mol. The molecule has 0 fully saturated rings. The number of alkyl halides is 3. The third-order valence-corrected chi connectivity index (χ3v) is 1.98. The highest BCUT2D eigenvalue weighted by Crippen LogP contribution is 2.24. The molecule has 0 unspecified atom stereocenters. The molecule has 7 heavy (non-hydrogen) atoms. The van der Waals surface area contributed by atoms with Gasteiger partial charge in [0.15, 0.2) is 0 Å². The van der Waals surface area contributed by atoms with Crippen molar-refractivity contribution in [2.24, 2.45) is 5.73 Å². The molecule has 1 nitrogen and oxygen atoms in total. The second kappa shape index (κ2) is 2.66. The minimum Gasteiger partial charge on any atom is -0.325 e. The van der Waals surface area contributed by atoms with Crippen molar-refractivity contribution in [3.63, 3.8) is 0 Å². The Morgan fingerprint density at radius 3 is 2.14 bits per heavy atom. The van der Waals surface area contributed by atoms with E-state index in [1.807, 2.05) is 0 Å². The Morgan fingerprint density at radius 2 is 2.14 bits per heavy atom. The van der Waals surface area contributed by atoms with Crippen molar-refractivity contribution < 1.29 is 8.78 Å². The molecule has 0 aliphatic carbocycles. The molecular formula is C3H6F2IN. The van der Waals surface area contributed by atoms with Gasteiger partial charge in [-0.2, -0.15) is 8.78 Å². The highest BCUT2D eigenvalue weighted by atomic mass is 127. The summed E-state index contributed by atoms with van der Waals surface area (Å²) in [5.74, 6) is 0. The molecule has 0 spiro atoms. The van der Waals surface area contributed by atoms with Gasteiger partial charge in [0, 0.05) is 0 Å². The van der Waals surface area contributed by atoms with E-state index in [-0.39, 0.29) is 0 Å². The van der Waals surface area contributed by atoms with E-state index in [9.17, 15) is 8.78 Å². The molecule has 0 radical (unpaired) electrons.